The zero-order chi connectivity index (χ0) is 15.7. The molecule has 0 aromatic heterocycles. The van der Waals surface area contributed by atoms with Crippen LogP contribution in [0.1, 0.15) is 43.8 Å². The number of thioether (sulfide) groups is 1. The molecule has 2 heteroatoms. The molecule has 0 N–H and O–H groups in total. The van der Waals surface area contributed by atoms with E-state index < -0.39 is 0 Å². The highest BCUT2D eigenvalue weighted by Crippen LogP contribution is 2.39. The summed E-state index contributed by atoms with van der Waals surface area (Å²) in [6.07, 6.45) is 2.11. The number of benzene rings is 2. The van der Waals surface area contributed by atoms with Crippen molar-refractivity contribution in [3.05, 3.63) is 63.2 Å². The fourth-order valence-electron chi connectivity index (χ4n) is 2.85. The Labute approximate surface area is 141 Å². The first-order chi connectivity index (χ1) is 9.88. The molecular formula is C19H23BrS. The molecule has 21 heavy (non-hydrogen) atoms. The maximum Gasteiger partial charge on any atom is 0.0649 e. The van der Waals surface area contributed by atoms with Gasteiger partial charge < -0.3 is 0 Å². The summed E-state index contributed by atoms with van der Waals surface area (Å²) in [6.45, 7) is 11.2. The van der Waals surface area contributed by atoms with Crippen molar-refractivity contribution in [2.45, 2.75) is 44.3 Å². The van der Waals surface area contributed by atoms with Gasteiger partial charge in [-0.1, -0.05) is 28.1 Å². The first-order valence-corrected chi connectivity index (χ1v) is 9.37. The number of halogens is 1. The summed E-state index contributed by atoms with van der Waals surface area (Å²) in [6, 6.07) is 8.86. The Morgan fingerprint density at radius 2 is 1.19 bits per heavy atom. The van der Waals surface area contributed by atoms with Crippen LogP contribution < -0.4 is 0 Å². The maximum absolute atomic E-state index is 3.93. The summed E-state index contributed by atoms with van der Waals surface area (Å²) >= 11 is 5.71. The summed E-state index contributed by atoms with van der Waals surface area (Å²) in [5.74, 6) is 0. The molecule has 0 saturated carbocycles. The molecule has 0 amide bonds. The zero-order valence-electron chi connectivity index (χ0n) is 13.7. The van der Waals surface area contributed by atoms with Gasteiger partial charge in [-0.25, -0.2) is 0 Å². The molecule has 2 aromatic carbocycles. The third kappa shape index (κ3) is 3.07. The highest BCUT2D eigenvalue weighted by molar-refractivity contribution is 9.09. The molecule has 0 radical (unpaired) electrons. The van der Waals surface area contributed by atoms with Crippen LogP contribution in [0.4, 0.5) is 0 Å². The van der Waals surface area contributed by atoms with Gasteiger partial charge in [0.2, 0.25) is 0 Å². The van der Waals surface area contributed by atoms with Crippen molar-refractivity contribution >= 4 is 27.7 Å². The van der Waals surface area contributed by atoms with Gasteiger partial charge in [-0.15, -0.1) is 11.8 Å². The van der Waals surface area contributed by atoms with Gasteiger partial charge in [-0.2, -0.15) is 0 Å². The lowest BCUT2D eigenvalue weighted by Gasteiger charge is -2.22. The van der Waals surface area contributed by atoms with E-state index in [2.05, 4.69) is 81.1 Å². The number of hydrogen-bond acceptors (Lipinski definition) is 1. The van der Waals surface area contributed by atoms with E-state index in [-0.39, 0.29) is 4.83 Å². The van der Waals surface area contributed by atoms with E-state index >= 15 is 0 Å². The average molecular weight is 363 g/mol. The first-order valence-electron chi connectivity index (χ1n) is 7.23. The highest BCUT2D eigenvalue weighted by atomic mass is 79.9. The van der Waals surface area contributed by atoms with E-state index in [4.69, 9.17) is 0 Å². The molecule has 0 aliphatic heterocycles. The van der Waals surface area contributed by atoms with Crippen LogP contribution in [0.5, 0.6) is 0 Å². The Kier molecular flexibility index (Phi) is 5.21. The predicted molar refractivity (Wildman–Crippen MR) is 99.1 cm³/mol. The van der Waals surface area contributed by atoms with E-state index in [1.165, 1.54) is 43.8 Å². The predicted octanol–water partition coefficient (Wildman–Crippen LogP) is 6.43. The number of rotatable bonds is 3. The quantitative estimate of drug-likeness (QED) is 0.447. The minimum Gasteiger partial charge on any atom is -0.130 e. The van der Waals surface area contributed by atoms with Gasteiger partial charge in [0.15, 0.2) is 0 Å². The SMILES string of the molecule is CSc1ccc(C(Br)c2c(C)c(C)c(C)c(C)c2C)cc1. The van der Waals surface area contributed by atoms with Crippen LogP contribution in [0.15, 0.2) is 29.2 Å². The monoisotopic (exact) mass is 362 g/mol. The van der Waals surface area contributed by atoms with Crippen LogP contribution in [0.3, 0.4) is 0 Å². The highest BCUT2D eigenvalue weighted by Gasteiger charge is 2.19. The van der Waals surface area contributed by atoms with Crippen molar-refractivity contribution in [1.29, 1.82) is 0 Å². The Morgan fingerprint density at radius 3 is 1.62 bits per heavy atom. The Bertz CT molecular complexity index is 627. The van der Waals surface area contributed by atoms with Crippen LogP contribution in [0.2, 0.25) is 0 Å². The molecule has 0 spiro atoms. The van der Waals surface area contributed by atoms with E-state index in [1.54, 1.807) is 11.8 Å². The van der Waals surface area contributed by atoms with Crippen LogP contribution in [0.25, 0.3) is 0 Å². The van der Waals surface area contributed by atoms with Crippen LogP contribution >= 0.6 is 27.7 Å². The van der Waals surface area contributed by atoms with Crippen molar-refractivity contribution in [1.82, 2.24) is 0 Å². The number of alkyl halides is 1. The van der Waals surface area contributed by atoms with Crippen molar-refractivity contribution in [2.75, 3.05) is 6.26 Å². The lowest BCUT2D eigenvalue weighted by molar-refractivity contribution is 1.05. The lowest BCUT2D eigenvalue weighted by atomic mass is 9.87. The fraction of sp³-hybridized carbons (Fsp3) is 0.368. The normalized spacial score (nSPS) is 12.5. The van der Waals surface area contributed by atoms with Gasteiger partial charge in [0.05, 0.1) is 4.83 Å². The van der Waals surface area contributed by atoms with E-state index in [0.29, 0.717) is 0 Å². The van der Waals surface area contributed by atoms with E-state index in [0.717, 1.165) is 0 Å². The topological polar surface area (TPSA) is 0 Å². The molecule has 2 aromatic rings. The second-order valence-corrected chi connectivity index (χ2v) is 7.47. The molecule has 0 aliphatic rings. The molecule has 0 nitrogen and oxygen atoms in total. The van der Waals surface area contributed by atoms with E-state index in [1.807, 2.05) is 0 Å². The Morgan fingerprint density at radius 1 is 0.762 bits per heavy atom. The summed E-state index contributed by atoms with van der Waals surface area (Å²) in [5, 5.41) is 0. The summed E-state index contributed by atoms with van der Waals surface area (Å²) < 4.78 is 0. The minimum atomic E-state index is 0.256. The molecular weight excluding hydrogens is 340 g/mol. The van der Waals surface area contributed by atoms with Gasteiger partial charge in [-0.3, -0.25) is 0 Å². The molecule has 112 valence electrons. The standard InChI is InChI=1S/C19H23BrS/c1-11-12(2)14(4)18(15(5)13(11)3)19(20)16-7-9-17(21-6)10-8-16/h7-10,19H,1-6H3. The van der Waals surface area contributed by atoms with Gasteiger partial charge in [-0.05, 0) is 92.0 Å². The van der Waals surface area contributed by atoms with Crippen molar-refractivity contribution in [3.63, 3.8) is 0 Å². The van der Waals surface area contributed by atoms with Crippen molar-refractivity contribution in [2.24, 2.45) is 0 Å². The van der Waals surface area contributed by atoms with Crippen molar-refractivity contribution in [3.8, 4) is 0 Å². The first kappa shape index (κ1) is 16.6. The minimum absolute atomic E-state index is 0.256. The van der Waals surface area contributed by atoms with Crippen LogP contribution in [-0.4, -0.2) is 6.26 Å². The van der Waals surface area contributed by atoms with Gasteiger partial charge in [0.1, 0.15) is 0 Å². The smallest absolute Gasteiger partial charge is 0.0649 e. The second kappa shape index (κ2) is 6.58. The molecule has 0 fully saturated rings. The molecule has 1 atom stereocenters. The van der Waals surface area contributed by atoms with Crippen LogP contribution in [-0.2, 0) is 0 Å². The zero-order valence-corrected chi connectivity index (χ0v) is 16.1. The second-order valence-electron chi connectivity index (χ2n) is 5.67. The molecule has 1 unspecified atom stereocenters. The Hall–Kier alpha value is -0.730. The molecule has 0 heterocycles. The maximum atomic E-state index is 3.93. The van der Waals surface area contributed by atoms with Gasteiger partial charge in [0, 0.05) is 4.90 Å². The van der Waals surface area contributed by atoms with Gasteiger partial charge >= 0.3 is 0 Å². The summed E-state index contributed by atoms with van der Waals surface area (Å²) in [5.41, 5.74) is 9.81. The largest absolute Gasteiger partial charge is 0.130 e. The fourth-order valence-corrected chi connectivity index (χ4v) is 4.25. The lowest BCUT2D eigenvalue weighted by Crippen LogP contribution is -2.05. The van der Waals surface area contributed by atoms with Crippen LogP contribution in [0, 0.1) is 34.6 Å². The summed E-state index contributed by atoms with van der Waals surface area (Å²) in [4.78, 5) is 1.56. The third-order valence-corrected chi connectivity index (χ3v) is 6.45. The van der Waals surface area contributed by atoms with Gasteiger partial charge in [0.25, 0.3) is 0 Å². The third-order valence-electron chi connectivity index (χ3n) is 4.72. The molecule has 0 aliphatic carbocycles. The number of hydrogen-bond donors (Lipinski definition) is 0. The average Bonchev–Trinajstić information content (AvgIpc) is 2.51. The molecule has 0 bridgehead atoms. The Balaban J connectivity index is 2.55. The molecule has 0 saturated heterocycles. The van der Waals surface area contributed by atoms with Crippen molar-refractivity contribution < 1.29 is 0 Å². The summed E-state index contributed by atoms with van der Waals surface area (Å²) in [7, 11) is 0. The van der Waals surface area contributed by atoms with E-state index in [9.17, 15) is 0 Å². The molecule has 2 rings (SSSR count).